The van der Waals surface area contributed by atoms with Crippen LogP contribution in [0.4, 0.5) is 11.4 Å². The summed E-state index contributed by atoms with van der Waals surface area (Å²) in [5.74, 6) is 0. The number of nitrogens with one attached hydrogen (secondary N) is 1. The third-order valence-corrected chi connectivity index (χ3v) is 3.84. The molecular weight excluding hydrogens is 300 g/mol. The minimum absolute atomic E-state index is 0.257. The number of rotatable bonds is 4. The summed E-state index contributed by atoms with van der Waals surface area (Å²) in [6.45, 7) is 2.17. The van der Waals surface area contributed by atoms with Gasteiger partial charge in [-0.05, 0) is 36.8 Å². The van der Waals surface area contributed by atoms with Gasteiger partial charge in [0.25, 0.3) is 0 Å². The van der Waals surface area contributed by atoms with Gasteiger partial charge in [-0.25, -0.2) is 0 Å². The van der Waals surface area contributed by atoms with Crippen LogP contribution in [0.15, 0.2) is 53.0 Å². The summed E-state index contributed by atoms with van der Waals surface area (Å²) in [4.78, 5) is 2.11. The number of hydrogen-bond donors (Lipinski definition) is 1. The van der Waals surface area contributed by atoms with Gasteiger partial charge >= 0.3 is 0 Å². The van der Waals surface area contributed by atoms with Crippen LogP contribution in [0, 0.1) is 0 Å². The molecule has 100 valence electrons. The maximum atomic E-state index is 3.60. The topological polar surface area (TPSA) is 15.3 Å². The molecule has 3 heteroatoms. The lowest BCUT2D eigenvalue weighted by atomic mass is 10.1. The highest BCUT2D eigenvalue weighted by Crippen LogP contribution is 2.27. The van der Waals surface area contributed by atoms with Gasteiger partial charge in [0.05, 0.1) is 0 Å². The van der Waals surface area contributed by atoms with Crippen molar-refractivity contribution in [2.45, 2.75) is 13.0 Å². The molecule has 0 heterocycles. The molecule has 2 aromatic rings. The lowest BCUT2D eigenvalue weighted by Crippen LogP contribution is -2.10. The number of nitrogens with zero attached hydrogens (tertiary/aromatic N) is 1. The van der Waals surface area contributed by atoms with Crippen LogP contribution in [0.25, 0.3) is 0 Å². The van der Waals surface area contributed by atoms with Crippen molar-refractivity contribution < 1.29 is 0 Å². The molecule has 0 aliphatic carbocycles. The molecule has 1 N–H and O–H groups in total. The summed E-state index contributed by atoms with van der Waals surface area (Å²) in [5, 5.41) is 3.54. The quantitative estimate of drug-likeness (QED) is 0.879. The first-order valence-corrected chi connectivity index (χ1v) is 7.15. The van der Waals surface area contributed by atoms with E-state index in [0.29, 0.717) is 0 Å². The molecule has 2 rings (SSSR count). The molecular formula is C16H19BrN2. The highest BCUT2D eigenvalue weighted by Gasteiger charge is 2.08. The van der Waals surface area contributed by atoms with Gasteiger partial charge in [-0.15, -0.1) is 0 Å². The predicted octanol–water partition coefficient (Wildman–Crippen LogP) is 4.69. The van der Waals surface area contributed by atoms with Crippen molar-refractivity contribution >= 4 is 27.3 Å². The van der Waals surface area contributed by atoms with Crippen LogP contribution in [-0.2, 0) is 0 Å². The van der Waals surface area contributed by atoms with Crippen molar-refractivity contribution in [1.29, 1.82) is 0 Å². The summed E-state index contributed by atoms with van der Waals surface area (Å²) in [6, 6.07) is 17.0. The number of benzene rings is 2. The molecule has 2 nitrogen and oxygen atoms in total. The van der Waals surface area contributed by atoms with Gasteiger partial charge < -0.3 is 10.2 Å². The Morgan fingerprint density at radius 2 is 1.79 bits per heavy atom. The van der Waals surface area contributed by atoms with E-state index in [1.807, 2.05) is 6.07 Å². The van der Waals surface area contributed by atoms with E-state index in [4.69, 9.17) is 0 Å². The summed E-state index contributed by atoms with van der Waals surface area (Å²) in [6.07, 6.45) is 0. The monoisotopic (exact) mass is 318 g/mol. The Bertz CT molecular complexity index is 552. The van der Waals surface area contributed by atoms with Gasteiger partial charge in [0, 0.05) is 36.0 Å². The van der Waals surface area contributed by atoms with Crippen molar-refractivity contribution in [3.63, 3.8) is 0 Å². The largest absolute Gasteiger partial charge is 0.378 e. The van der Waals surface area contributed by atoms with Crippen molar-refractivity contribution in [1.82, 2.24) is 0 Å². The summed E-state index contributed by atoms with van der Waals surface area (Å²) in [7, 11) is 4.10. The van der Waals surface area contributed by atoms with Crippen LogP contribution in [0.3, 0.4) is 0 Å². The second kappa shape index (κ2) is 6.11. The average molecular weight is 319 g/mol. The van der Waals surface area contributed by atoms with E-state index in [1.165, 1.54) is 11.3 Å². The zero-order chi connectivity index (χ0) is 13.8. The van der Waals surface area contributed by atoms with Gasteiger partial charge in [0.15, 0.2) is 0 Å². The minimum atomic E-state index is 0.257. The lowest BCUT2D eigenvalue weighted by molar-refractivity contribution is 0.878. The van der Waals surface area contributed by atoms with Gasteiger partial charge in [-0.1, -0.05) is 40.2 Å². The number of hydrogen-bond acceptors (Lipinski definition) is 2. The zero-order valence-corrected chi connectivity index (χ0v) is 13.1. The minimum Gasteiger partial charge on any atom is -0.378 e. The molecule has 0 radical (unpaired) electrons. The van der Waals surface area contributed by atoms with Crippen LogP contribution >= 0.6 is 15.9 Å². The summed E-state index contributed by atoms with van der Waals surface area (Å²) in [5.41, 5.74) is 3.59. The maximum Gasteiger partial charge on any atom is 0.0496 e. The van der Waals surface area contributed by atoms with E-state index >= 15 is 0 Å². The molecule has 0 spiro atoms. The smallest absolute Gasteiger partial charge is 0.0496 e. The molecule has 19 heavy (non-hydrogen) atoms. The van der Waals surface area contributed by atoms with E-state index in [1.54, 1.807) is 0 Å². The molecule has 0 bridgehead atoms. The molecule has 0 amide bonds. The maximum absolute atomic E-state index is 3.60. The Labute approximate surface area is 123 Å². The first kappa shape index (κ1) is 13.9. The van der Waals surface area contributed by atoms with Gasteiger partial charge in [0.1, 0.15) is 0 Å². The zero-order valence-electron chi connectivity index (χ0n) is 11.5. The summed E-state index contributed by atoms with van der Waals surface area (Å²) < 4.78 is 1.14. The molecule has 0 aromatic heterocycles. The Hall–Kier alpha value is -1.48. The second-order valence-electron chi connectivity index (χ2n) is 4.83. The molecule has 2 aromatic carbocycles. The Morgan fingerprint density at radius 3 is 2.47 bits per heavy atom. The fourth-order valence-electron chi connectivity index (χ4n) is 2.03. The molecule has 1 unspecified atom stereocenters. The van der Waals surface area contributed by atoms with E-state index in [2.05, 4.69) is 89.6 Å². The lowest BCUT2D eigenvalue weighted by Gasteiger charge is -2.19. The normalized spacial score (nSPS) is 12.0. The van der Waals surface area contributed by atoms with E-state index in [-0.39, 0.29) is 6.04 Å². The highest BCUT2D eigenvalue weighted by molar-refractivity contribution is 9.10. The third kappa shape index (κ3) is 3.51. The van der Waals surface area contributed by atoms with Crippen molar-refractivity contribution in [3.05, 3.63) is 58.6 Å². The Balaban J connectivity index is 2.17. The van der Waals surface area contributed by atoms with Crippen LogP contribution in [0.5, 0.6) is 0 Å². The number of halogens is 1. The fraction of sp³-hybridized carbons (Fsp3) is 0.250. The molecule has 0 saturated carbocycles. The molecule has 0 saturated heterocycles. The number of anilines is 2. The van der Waals surface area contributed by atoms with E-state index in [0.717, 1.165) is 10.2 Å². The van der Waals surface area contributed by atoms with Crippen LogP contribution in [-0.4, -0.2) is 14.1 Å². The fourth-order valence-corrected chi connectivity index (χ4v) is 2.66. The second-order valence-corrected chi connectivity index (χ2v) is 5.69. The van der Waals surface area contributed by atoms with Crippen molar-refractivity contribution in [2.75, 3.05) is 24.3 Å². The first-order chi connectivity index (χ1) is 9.08. The van der Waals surface area contributed by atoms with Gasteiger partial charge in [0.2, 0.25) is 0 Å². The van der Waals surface area contributed by atoms with Crippen LogP contribution in [0.1, 0.15) is 18.5 Å². The molecule has 1 atom stereocenters. The predicted molar refractivity (Wildman–Crippen MR) is 86.9 cm³/mol. The molecule has 0 fully saturated rings. The van der Waals surface area contributed by atoms with Crippen molar-refractivity contribution in [2.24, 2.45) is 0 Å². The van der Waals surface area contributed by atoms with Crippen molar-refractivity contribution in [3.8, 4) is 0 Å². The Morgan fingerprint density at radius 1 is 1.05 bits per heavy atom. The van der Waals surface area contributed by atoms with Gasteiger partial charge in [-0.2, -0.15) is 0 Å². The highest BCUT2D eigenvalue weighted by atomic mass is 79.9. The standard InChI is InChI=1S/C16H19BrN2/c1-12(15-9-4-5-10-16(15)17)18-13-7-6-8-14(11-13)19(2)3/h4-12,18H,1-3H3. The molecule has 0 aliphatic rings. The SMILES string of the molecule is CC(Nc1cccc(N(C)C)c1)c1ccccc1Br. The van der Waals surface area contributed by atoms with E-state index in [9.17, 15) is 0 Å². The van der Waals surface area contributed by atoms with E-state index < -0.39 is 0 Å². The van der Waals surface area contributed by atoms with Crippen LogP contribution < -0.4 is 10.2 Å². The third-order valence-electron chi connectivity index (χ3n) is 3.12. The van der Waals surface area contributed by atoms with Crippen LogP contribution in [0.2, 0.25) is 0 Å². The van der Waals surface area contributed by atoms with Gasteiger partial charge in [-0.3, -0.25) is 0 Å². The average Bonchev–Trinajstić information content (AvgIpc) is 2.39. The Kier molecular flexibility index (Phi) is 4.48. The first-order valence-electron chi connectivity index (χ1n) is 6.36. The summed E-state index contributed by atoms with van der Waals surface area (Å²) >= 11 is 3.60. The molecule has 0 aliphatic heterocycles.